The summed E-state index contributed by atoms with van der Waals surface area (Å²) in [5.74, 6) is -0.708. The van der Waals surface area contributed by atoms with Gasteiger partial charge in [-0.05, 0) is 42.0 Å². The van der Waals surface area contributed by atoms with Crippen LogP contribution in [-0.4, -0.2) is 26.8 Å². The molecule has 0 fully saturated rings. The van der Waals surface area contributed by atoms with Gasteiger partial charge in [-0.25, -0.2) is 4.98 Å². The van der Waals surface area contributed by atoms with Crippen LogP contribution in [0.3, 0.4) is 0 Å². The zero-order valence-electron chi connectivity index (χ0n) is 13.9. The number of pyridine rings is 3. The van der Waals surface area contributed by atoms with E-state index in [9.17, 15) is 9.59 Å². The topological polar surface area (TPSA) is 96.9 Å². The highest BCUT2D eigenvalue weighted by Crippen LogP contribution is 2.02. The minimum absolute atomic E-state index is 0.178. The van der Waals surface area contributed by atoms with Gasteiger partial charge < -0.3 is 10.6 Å². The van der Waals surface area contributed by atoms with Gasteiger partial charge in [0, 0.05) is 25.1 Å². The number of hydrogen-bond donors (Lipinski definition) is 2. The number of amides is 2. The molecule has 0 saturated heterocycles. The summed E-state index contributed by atoms with van der Waals surface area (Å²) >= 11 is 0. The second-order valence-electron chi connectivity index (χ2n) is 5.45. The predicted octanol–water partition coefficient (Wildman–Crippen LogP) is 1.73. The van der Waals surface area contributed by atoms with E-state index < -0.39 is 0 Å². The highest BCUT2D eigenvalue weighted by Gasteiger charge is 2.12. The Labute approximate surface area is 150 Å². The summed E-state index contributed by atoms with van der Waals surface area (Å²) < 4.78 is 0. The Hall–Kier alpha value is -3.61. The molecule has 2 amide bonds. The summed E-state index contributed by atoms with van der Waals surface area (Å²) in [6, 6.07) is 13.9. The first-order chi connectivity index (χ1) is 12.7. The number of nitrogens with zero attached hydrogens (tertiary/aromatic N) is 3. The fraction of sp³-hybridized carbons (Fsp3) is 0.105. The standard InChI is InChI=1S/C19H17N5O2/c25-18(22-12-14-7-10-20-11-8-14)16-5-3-6-17(24-16)19(26)23-13-15-4-1-2-9-21-15/h1-11H,12-13H2,(H,22,25)(H,23,26). The highest BCUT2D eigenvalue weighted by atomic mass is 16.2. The van der Waals surface area contributed by atoms with Gasteiger partial charge >= 0.3 is 0 Å². The minimum Gasteiger partial charge on any atom is -0.347 e. The molecule has 3 heterocycles. The van der Waals surface area contributed by atoms with Gasteiger partial charge in [-0.1, -0.05) is 12.1 Å². The molecule has 0 aromatic carbocycles. The van der Waals surface area contributed by atoms with Crippen molar-refractivity contribution in [1.82, 2.24) is 25.6 Å². The lowest BCUT2D eigenvalue weighted by molar-refractivity contribution is 0.0941. The van der Waals surface area contributed by atoms with E-state index in [1.807, 2.05) is 24.3 Å². The molecule has 3 rings (SSSR count). The first-order valence-corrected chi connectivity index (χ1v) is 8.04. The molecular formula is C19H17N5O2. The van der Waals surface area contributed by atoms with Crippen molar-refractivity contribution in [2.24, 2.45) is 0 Å². The lowest BCUT2D eigenvalue weighted by Gasteiger charge is -2.07. The summed E-state index contributed by atoms with van der Waals surface area (Å²) in [5, 5.41) is 5.50. The molecule has 7 heteroatoms. The molecule has 0 spiro atoms. The zero-order valence-corrected chi connectivity index (χ0v) is 13.9. The van der Waals surface area contributed by atoms with Gasteiger partial charge in [-0.2, -0.15) is 0 Å². The zero-order chi connectivity index (χ0) is 18.2. The van der Waals surface area contributed by atoms with E-state index in [1.54, 1.807) is 42.9 Å². The third kappa shape index (κ3) is 4.70. The molecule has 0 aliphatic carbocycles. The fourth-order valence-electron chi connectivity index (χ4n) is 2.23. The van der Waals surface area contributed by atoms with Crippen LogP contribution in [0.5, 0.6) is 0 Å². The Kier molecular flexibility index (Phi) is 5.61. The molecule has 7 nitrogen and oxygen atoms in total. The Morgan fingerprint density at radius 3 is 2.12 bits per heavy atom. The lowest BCUT2D eigenvalue weighted by atomic mass is 10.2. The molecule has 2 N–H and O–H groups in total. The van der Waals surface area contributed by atoms with E-state index in [0.717, 1.165) is 11.3 Å². The molecular weight excluding hydrogens is 330 g/mol. The van der Waals surface area contributed by atoms with Crippen molar-refractivity contribution in [2.75, 3.05) is 0 Å². The smallest absolute Gasteiger partial charge is 0.270 e. The number of carbonyl (C=O) groups is 2. The number of hydrogen-bond acceptors (Lipinski definition) is 5. The van der Waals surface area contributed by atoms with Gasteiger partial charge in [0.25, 0.3) is 11.8 Å². The van der Waals surface area contributed by atoms with Gasteiger partial charge in [0.2, 0.25) is 0 Å². The van der Waals surface area contributed by atoms with Crippen molar-refractivity contribution in [3.63, 3.8) is 0 Å². The number of carbonyl (C=O) groups excluding carboxylic acids is 2. The van der Waals surface area contributed by atoms with Crippen LogP contribution in [0.15, 0.2) is 67.1 Å². The van der Waals surface area contributed by atoms with Gasteiger partial charge in [-0.3, -0.25) is 19.6 Å². The largest absolute Gasteiger partial charge is 0.347 e. The van der Waals surface area contributed by atoms with Crippen LogP contribution in [0.4, 0.5) is 0 Å². The van der Waals surface area contributed by atoms with E-state index in [2.05, 4.69) is 25.6 Å². The van der Waals surface area contributed by atoms with Gasteiger partial charge in [0.1, 0.15) is 11.4 Å². The maximum atomic E-state index is 12.2. The van der Waals surface area contributed by atoms with Crippen molar-refractivity contribution in [3.8, 4) is 0 Å². The van der Waals surface area contributed by atoms with Crippen LogP contribution in [0.1, 0.15) is 32.2 Å². The third-order valence-electron chi connectivity index (χ3n) is 3.57. The third-order valence-corrected chi connectivity index (χ3v) is 3.57. The second-order valence-corrected chi connectivity index (χ2v) is 5.45. The molecule has 26 heavy (non-hydrogen) atoms. The van der Waals surface area contributed by atoms with Crippen LogP contribution in [-0.2, 0) is 13.1 Å². The van der Waals surface area contributed by atoms with E-state index in [1.165, 1.54) is 0 Å². The highest BCUT2D eigenvalue weighted by molar-refractivity contribution is 5.96. The van der Waals surface area contributed by atoms with E-state index in [0.29, 0.717) is 13.1 Å². The van der Waals surface area contributed by atoms with Crippen LogP contribution in [0.25, 0.3) is 0 Å². The van der Waals surface area contributed by atoms with E-state index in [4.69, 9.17) is 0 Å². The molecule has 130 valence electrons. The molecule has 0 aliphatic rings. The summed E-state index contributed by atoms with van der Waals surface area (Å²) in [7, 11) is 0. The Morgan fingerprint density at radius 2 is 1.46 bits per heavy atom. The van der Waals surface area contributed by atoms with Crippen molar-refractivity contribution in [1.29, 1.82) is 0 Å². The SMILES string of the molecule is O=C(NCc1ccncc1)c1cccc(C(=O)NCc2ccccn2)n1. The number of rotatable bonds is 6. The minimum atomic E-state index is -0.362. The molecule has 3 aromatic rings. The Bertz CT molecular complexity index is 814. The molecule has 0 radical (unpaired) electrons. The summed E-state index contributed by atoms with van der Waals surface area (Å²) in [6.07, 6.45) is 4.98. The van der Waals surface area contributed by atoms with Crippen molar-refractivity contribution in [2.45, 2.75) is 13.1 Å². The average Bonchev–Trinajstić information content (AvgIpc) is 2.72. The first-order valence-electron chi connectivity index (χ1n) is 8.04. The Balaban J connectivity index is 1.60. The van der Waals surface area contributed by atoms with Gasteiger partial charge in [0.05, 0.1) is 12.2 Å². The van der Waals surface area contributed by atoms with Crippen LogP contribution >= 0.6 is 0 Å². The molecule has 3 aromatic heterocycles. The maximum absolute atomic E-state index is 12.2. The molecule has 0 saturated carbocycles. The quantitative estimate of drug-likeness (QED) is 0.708. The lowest BCUT2D eigenvalue weighted by Crippen LogP contribution is -2.27. The Morgan fingerprint density at radius 1 is 0.769 bits per heavy atom. The molecule has 0 atom stereocenters. The van der Waals surface area contributed by atoms with Crippen molar-refractivity contribution < 1.29 is 9.59 Å². The molecule has 0 bridgehead atoms. The number of aromatic nitrogens is 3. The molecule has 0 unspecified atom stereocenters. The van der Waals surface area contributed by atoms with E-state index >= 15 is 0 Å². The predicted molar refractivity (Wildman–Crippen MR) is 95.1 cm³/mol. The summed E-state index contributed by atoms with van der Waals surface area (Å²) in [4.78, 5) is 36.7. The summed E-state index contributed by atoms with van der Waals surface area (Å²) in [6.45, 7) is 0.652. The van der Waals surface area contributed by atoms with Gasteiger partial charge in [-0.15, -0.1) is 0 Å². The van der Waals surface area contributed by atoms with Gasteiger partial charge in [0.15, 0.2) is 0 Å². The van der Waals surface area contributed by atoms with Crippen molar-refractivity contribution >= 4 is 11.8 Å². The average molecular weight is 347 g/mol. The van der Waals surface area contributed by atoms with Crippen LogP contribution in [0, 0.1) is 0 Å². The normalized spacial score (nSPS) is 10.2. The van der Waals surface area contributed by atoms with Crippen molar-refractivity contribution in [3.05, 3.63) is 89.8 Å². The van der Waals surface area contributed by atoms with E-state index in [-0.39, 0.29) is 23.2 Å². The fourth-order valence-corrected chi connectivity index (χ4v) is 2.23. The molecule has 0 aliphatic heterocycles. The first kappa shape index (κ1) is 17.2. The second kappa shape index (κ2) is 8.48. The van der Waals surface area contributed by atoms with Crippen LogP contribution in [0.2, 0.25) is 0 Å². The maximum Gasteiger partial charge on any atom is 0.270 e. The monoisotopic (exact) mass is 347 g/mol. The number of nitrogens with one attached hydrogen (secondary N) is 2. The summed E-state index contributed by atoms with van der Waals surface area (Å²) in [5.41, 5.74) is 2.03. The van der Waals surface area contributed by atoms with Crippen LogP contribution < -0.4 is 10.6 Å².